The third kappa shape index (κ3) is 4.20. The third-order valence-corrected chi connectivity index (χ3v) is 5.75. The third-order valence-electron chi connectivity index (χ3n) is 4.56. The molecule has 0 fully saturated rings. The van der Waals surface area contributed by atoms with Gasteiger partial charge in [-0.25, -0.2) is 9.97 Å². The molecule has 1 atom stereocenters. The first kappa shape index (κ1) is 21.4. The Labute approximate surface area is 183 Å². The van der Waals surface area contributed by atoms with Crippen LogP contribution in [0.3, 0.4) is 0 Å². The largest absolute Gasteiger partial charge is 0.494 e. The van der Waals surface area contributed by atoms with Gasteiger partial charge in [-0.05, 0) is 26.0 Å². The van der Waals surface area contributed by atoms with Gasteiger partial charge in [-0.1, -0.05) is 11.6 Å². The summed E-state index contributed by atoms with van der Waals surface area (Å²) in [6, 6.07) is 3.70. The molecule has 3 aromatic heterocycles. The maximum atomic E-state index is 13.0. The fourth-order valence-corrected chi connectivity index (χ4v) is 4.30. The van der Waals surface area contributed by atoms with E-state index in [0.717, 1.165) is 22.8 Å². The number of thiazole rings is 1. The van der Waals surface area contributed by atoms with Crippen LogP contribution >= 0.6 is 35.3 Å². The van der Waals surface area contributed by atoms with Crippen LogP contribution in [0.15, 0.2) is 24.5 Å². The minimum absolute atomic E-state index is 0. The molecule has 10 heteroatoms. The van der Waals surface area contributed by atoms with Gasteiger partial charge >= 0.3 is 0 Å². The predicted octanol–water partition coefficient (Wildman–Crippen LogP) is 4.41. The monoisotopic (exact) mass is 451 g/mol. The second-order valence-corrected chi connectivity index (χ2v) is 7.93. The molecule has 0 saturated heterocycles. The number of rotatable bonds is 4. The molecular weight excluding hydrogens is 433 g/mol. The summed E-state index contributed by atoms with van der Waals surface area (Å²) in [7, 11) is 1.55. The average Bonchev–Trinajstić information content (AvgIpc) is 3.23. The maximum absolute atomic E-state index is 13.0. The molecule has 1 unspecified atom stereocenters. The number of carbonyl (C=O) groups is 1. The van der Waals surface area contributed by atoms with Crippen LogP contribution in [0.4, 0.5) is 5.13 Å². The Kier molecular flexibility index (Phi) is 6.38. The number of amides is 1. The molecule has 0 bridgehead atoms. The smallest absolute Gasteiger partial charge is 0.259 e. The molecule has 1 amide bonds. The normalized spacial score (nSPS) is 14.8. The number of fused-ring (bicyclic) bond motifs is 1. The number of halogens is 2. The van der Waals surface area contributed by atoms with Crippen LogP contribution in [0.5, 0.6) is 5.75 Å². The van der Waals surface area contributed by atoms with Gasteiger partial charge in [-0.15, -0.1) is 23.7 Å². The highest BCUT2D eigenvalue weighted by atomic mass is 35.5. The number of pyridine rings is 2. The standard InChI is InChI=1S/C19H18ClN5O2S.ClH/c1-9-4-11(12-5-16(20)23-7-14(12)27-3)13(6-21-9)18(26)25-19-24-17-10(2)22-8-15(17)28-19;/h4-7,10,22H,8H2,1-3H3,(H,24,25,26);1H. The van der Waals surface area contributed by atoms with Crippen LogP contribution < -0.4 is 15.4 Å². The summed E-state index contributed by atoms with van der Waals surface area (Å²) in [5.41, 5.74) is 3.52. The number of nitrogens with zero attached hydrogens (tertiary/aromatic N) is 3. The topological polar surface area (TPSA) is 89.0 Å². The van der Waals surface area contributed by atoms with Crippen molar-refractivity contribution in [3.05, 3.63) is 51.5 Å². The van der Waals surface area contributed by atoms with Gasteiger partial charge in [0.25, 0.3) is 5.91 Å². The Morgan fingerprint density at radius 3 is 2.83 bits per heavy atom. The van der Waals surface area contributed by atoms with E-state index in [1.807, 2.05) is 13.0 Å². The van der Waals surface area contributed by atoms with Crippen LogP contribution in [-0.4, -0.2) is 28.0 Å². The van der Waals surface area contributed by atoms with Gasteiger partial charge in [0, 0.05) is 40.5 Å². The first-order valence-electron chi connectivity index (χ1n) is 8.67. The Balaban J connectivity index is 0.00000240. The fourth-order valence-electron chi connectivity index (χ4n) is 3.14. The fraction of sp³-hybridized carbons (Fsp3) is 0.263. The molecule has 1 aliphatic heterocycles. The van der Waals surface area contributed by atoms with Crippen molar-refractivity contribution < 1.29 is 9.53 Å². The number of anilines is 1. The summed E-state index contributed by atoms with van der Waals surface area (Å²) in [6.45, 7) is 4.69. The van der Waals surface area contributed by atoms with E-state index < -0.39 is 0 Å². The van der Waals surface area contributed by atoms with Gasteiger partial charge in [0.15, 0.2) is 5.13 Å². The molecule has 4 heterocycles. The number of hydrogen-bond acceptors (Lipinski definition) is 7. The zero-order valence-electron chi connectivity index (χ0n) is 15.9. The van der Waals surface area contributed by atoms with Gasteiger partial charge in [0.05, 0.1) is 24.6 Å². The van der Waals surface area contributed by atoms with Crippen LogP contribution in [0.2, 0.25) is 5.15 Å². The van der Waals surface area contributed by atoms with Crippen molar-refractivity contribution in [1.29, 1.82) is 0 Å². The van der Waals surface area contributed by atoms with Gasteiger partial charge in [-0.2, -0.15) is 0 Å². The molecule has 1 aliphatic rings. The van der Waals surface area contributed by atoms with Crippen LogP contribution in [-0.2, 0) is 6.54 Å². The highest BCUT2D eigenvalue weighted by Crippen LogP contribution is 2.35. The number of nitrogens with one attached hydrogen (secondary N) is 2. The minimum Gasteiger partial charge on any atom is -0.494 e. The van der Waals surface area contributed by atoms with E-state index in [4.69, 9.17) is 16.3 Å². The van der Waals surface area contributed by atoms with Crippen molar-refractivity contribution in [2.75, 3.05) is 12.4 Å². The van der Waals surface area contributed by atoms with E-state index in [1.165, 1.54) is 17.5 Å². The second-order valence-electron chi connectivity index (χ2n) is 6.46. The number of ether oxygens (including phenoxy) is 1. The summed E-state index contributed by atoms with van der Waals surface area (Å²) in [5.74, 6) is 0.239. The maximum Gasteiger partial charge on any atom is 0.259 e. The molecule has 0 aliphatic carbocycles. The Bertz CT molecular complexity index is 1070. The Morgan fingerprint density at radius 1 is 1.31 bits per heavy atom. The van der Waals surface area contributed by atoms with E-state index in [-0.39, 0.29) is 24.4 Å². The van der Waals surface area contributed by atoms with E-state index in [9.17, 15) is 4.79 Å². The lowest BCUT2D eigenvalue weighted by Crippen LogP contribution is -2.15. The van der Waals surface area contributed by atoms with Crippen molar-refractivity contribution in [2.24, 2.45) is 0 Å². The zero-order valence-corrected chi connectivity index (χ0v) is 18.3. The molecule has 0 saturated carbocycles. The van der Waals surface area contributed by atoms with E-state index in [0.29, 0.717) is 32.7 Å². The van der Waals surface area contributed by atoms with Gasteiger partial charge in [0.2, 0.25) is 0 Å². The van der Waals surface area contributed by atoms with Crippen molar-refractivity contribution in [3.63, 3.8) is 0 Å². The van der Waals surface area contributed by atoms with Gasteiger partial charge in [-0.3, -0.25) is 15.1 Å². The lowest BCUT2D eigenvalue weighted by molar-refractivity contribution is 0.102. The first-order chi connectivity index (χ1) is 13.5. The molecule has 3 aromatic rings. The number of hydrogen-bond donors (Lipinski definition) is 2. The van der Waals surface area contributed by atoms with E-state index >= 15 is 0 Å². The molecule has 2 N–H and O–H groups in total. The van der Waals surface area contributed by atoms with E-state index in [1.54, 1.807) is 19.4 Å². The van der Waals surface area contributed by atoms with E-state index in [2.05, 4.69) is 32.5 Å². The van der Waals surface area contributed by atoms with Crippen LogP contribution in [0.25, 0.3) is 11.1 Å². The summed E-state index contributed by atoms with van der Waals surface area (Å²) in [5, 5.41) is 7.12. The van der Waals surface area contributed by atoms with Crippen molar-refractivity contribution >= 4 is 46.4 Å². The number of carbonyl (C=O) groups excluding carboxylic acids is 1. The highest BCUT2D eigenvalue weighted by molar-refractivity contribution is 7.16. The molecular formula is C19H19Cl2N5O2S. The van der Waals surface area contributed by atoms with Crippen molar-refractivity contribution in [3.8, 4) is 16.9 Å². The second kappa shape index (κ2) is 8.62. The van der Waals surface area contributed by atoms with Gasteiger partial charge in [0.1, 0.15) is 10.9 Å². The Morgan fingerprint density at radius 2 is 2.10 bits per heavy atom. The lowest BCUT2D eigenvalue weighted by atomic mass is 10.0. The minimum atomic E-state index is -0.287. The molecule has 4 rings (SSSR count). The van der Waals surface area contributed by atoms with Crippen LogP contribution in [0, 0.1) is 6.92 Å². The predicted molar refractivity (Wildman–Crippen MR) is 116 cm³/mol. The molecule has 0 spiro atoms. The summed E-state index contributed by atoms with van der Waals surface area (Å²) in [4.78, 5) is 27.1. The summed E-state index contributed by atoms with van der Waals surface area (Å²) >= 11 is 7.57. The quantitative estimate of drug-likeness (QED) is 0.571. The van der Waals surface area contributed by atoms with Crippen molar-refractivity contribution in [2.45, 2.75) is 26.4 Å². The molecule has 0 radical (unpaired) electrons. The molecule has 152 valence electrons. The highest BCUT2D eigenvalue weighted by Gasteiger charge is 2.24. The number of aryl methyl sites for hydroxylation is 1. The Hall–Kier alpha value is -2.26. The first-order valence-corrected chi connectivity index (χ1v) is 9.86. The van der Waals surface area contributed by atoms with Crippen LogP contribution in [0.1, 0.15) is 39.6 Å². The average molecular weight is 452 g/mol. The molecule has 7 nitrogen and oxygen atoms in total. The van der Waals surface area contributed by atoms with Crippen molar-refractivity contribution in [1.82, 2.24) is 20.3 Å². The number of aromatic nitrogens is 3. The van der Waals surface area contributed by atoms with Gasteiger partial charge < -0.3 is 10.1 Å². The number of methoxy groups -OCH3 is 1. The molecule has 29 heavy (non-hydrogen) atoms. The SMILES string of the molecule is COc1cnc(Cl)cc1-c1cc(C)ncc1C(=O)Nc1nc2c(s1)CNC2C.Cl. The summed E-state index contributed by atoms with van der Waals surface area (Å²) < 4.78 is 5.41. The zero-order chi connectivity index (χ0) is 19.8. The lowest BCUT2D eigenvalue weighted by Gasteiger charge is -2.13. The molecule has 0 aromatic carbocycles. The summed E-state index contributed by atoms with van der Waals surface area (Å²) in [6.07, 6.45) is 3.09.